The third-order valence-electron chi connectivity index (χ3n) is 3.23. The number of amides is 1. The zero-order valence-electron chi connectivity index (χ0n) is 10.8. The van der Waals surface area contributed by atoms with Crippen molar-refractivity contribution in [2.45, 2.75) is 13.0 Å². The van der Waals surface area contributed by atoms with Gasteiger partial charge in [-0.1, -0.05) is 6.07 Å². The van der Waals surface area contributed by atoms with Gasteiger partial charge in [-0.3, -0.25) is 9.78 Å². The molecule has 1 aliphatic heterocycles. The van der Waals surface area contributed by atoms with Crippen LogP contribution in [0, 0.1) is 0 Å². The number of rotatable bonds is 2. The summed E-state index contributed by atoms with van der Waals surface area (Å²) >= 11 is 0. The minimum absolute atomic E-state index is 0.00405. The van der Waals surface area contributed by atoms with Crippen molar-refractivity contribution in [3.63, 3.8) is 0 Å². The van der Waals surface area contributed by atoms with Gasteiger partial charge in [0, 0.05) is 43.2 Å². The third-order valence-corrected chi connectivity index (χ3v) is 3.23. The molecular formula is C14H14N4O2. The summed E-state index contributed by atoms with van der Waals surface area (Å²) in [7, 11) is 0. The van der Waals surface area contributed by atoms with Gasteiger partial charge in [-0.2, -0.15) is 0 Å². The Balaban J connectivity index is 1.89. The minimum atomic E-state index is -0.415. The van der Waals surface area contributed by atoms with E-state index in [4.69, 9.17) is 0 Å². The highest BCUT2D eigenvalue weighted by atomic mass is 16.3. The number of nitrogens with one attached hydrogen (secondary N) is 2. The fraction of sp³-hybridized carbons (Fsp3) is 0.214. The lowest BCUT2D eigenvalue weighted by Crippen LogP contribution is -2.25. The molecule has 0 fully saturated rings. The number of nitrogens with zero attached hydrogens (tertiary/aromatic N) is 2. The fourth-order valence-corrected chi connectivity index (χ4v) is 2.19. The number of anilines is 1. The number of pyridine rings is 2. The van der Waals surface area contributed by atoms with Gasteiger partial charge in [0.15, 0.2) is 0 Å². The molecule has 0 saturated heterocycles. The molecule has 0 unspecified atom stereocenters. The molecule has 6 heteroatoms. The second-order valence-electron chi connectivity index (χ2n) is 4.54. The van der Waals surface area contributed by atoms with E-state index in [0.29, 0.717) is 17.9 Å². The summed E-state index contributed by atoms with van der Waals surface area (Å²) in [6.45, 7) is 1.36. The van der Waals surface area contributed by atoms with Gasteiger partial charge in [0.05, 0.1) is 0 Å². The van der Waals surface area contributed by atoms with Crippen molar-refractivity contribution in [1.29, 1.82) is 0 Å². The number of aromatic nitrogens is 2. The van der Waals surface area contributed by atoms with Crippen molar-refractivity contribution >= 4 is 11.7 Å². The van der Waals surface area contributed by atoms with E-state index in [-0.39, 0.29) is 11.3 Å². The van der Waals surface area contributed by atoms with Crippen molar-refractivity contribution < 1.29 is 9.90 Å². The lowest BCUT2D eigenvalue weighted by Gasteiger charge is -2.18. The fourth-order valence-electron chi connectivity index (χ4n) is 2.19. The number of carbonyl (C=O) groups excluding carboxylic acids is 1. The first-order valence-corrected chi connectivity index (χ1v) is 6.38. The normalized spacial score (nSPS) is 13.6. The van der Waals surface area contributed by atoms with E-state index in [9.17, 15) is 9.90 Å². The molecule has 0 radical (unpaired) electrons. The Morgan fingerprint density at radius 3 is 3.05 bits per heavy atom. The molecule has 0 aliphatic carbocycles. The average molecular weight is 270 g/mol. The number of aromatic hydroxyl groups is 1. The molecule has 0 saturated carbocycles. The summed E-state index contributed by atoms with van der Waals surface area (Å²) < 4.78 is 0. The molecule has 1 aliphatic rings. The van der Waals surface area contributed by atoms with E-state index in [2.05, 4.69) is 20.6 Å². The first-order chi connectivity index (χ1) is 9.75. The maximum Gasteiger partial charge on any atom is 0.262 e. The van der Waals surface area contributed by atoms with E-state index in [1.54, 1.807) is 24.4 Å². The van der Waals surface area contributed by atoms with Crippen LogP contribution in [0.3, 0.4) is 0 Å². The summed E-state index contributed by atoms with van der Waals surface area (Å²) in [6.07, 6.45) is 3.76. The Hall–Kier alpha value is -2.47. The molecule has 3 rings (SSSR count). The van der Waals surface area contributed by atoms with Crippen molar-refractivity contribution in [1.82, 2.24) is 15.3 Å². The maximum atomic E-state index is 12.1. The molecule has 20 heavy (non-hydrogen) atoms. The summed E-state index contributed by atoms with van der Waals surface area (Å²) in [5.41, 5.74) is 1.71. The first-order valence-electron chi connectivity index (χ1n) is 6.38. The van der Waals surface area contributed by atoms with Gasteiger partial charge < -0.3 is 15.7 Å². The molecule has 6 nitrogen and oxygen atoms in total. The quantitative estimate of drug-likeness (QED) is 0.760. The van der Waals surface area contributed by atoms with Gasteiger partial charge in [0.25, 0.3) is 5.91 Å². The predicted molar refractivity (Wildman–Crippen MR) is 73.5 cm³/mol. The highest BCUT2D eigenvalue weighted by Crippen LogP contribution is 2.26. The summed E-state index contributed by atoms with van der Waals surface area (Å²) in [6, 6.07) is 5.22. The van der Waals surface area contributed by atoms with Gasteiger partial charge in [0.1, 0.15) is 17.1 Å². The van der Waals surface area contributed by atoms with E-state index >= 15 is 0 Å². The Kier molecular flexibility index (Phi) is 3.30. The molecule has 0 spiro atoms. The molecule has 3 N–H and O–H groups in total. The highest BCUT2D eigenvalue weighted by Gasteiger charge is 2.20. The molecule has 3 heterocycles. The molecule has 0 aromatic carbocycles. The van der Waals surface area contributed by atoms with Crippen LogP contribution >= 0.6 is 0 Å². The molecular weight excluding hydrogens is 256 g/mol. The average Bonchev–Trinajstić information content (AvgIpc) is 2.49. The van der Waals surface area contributed by atoms with Crippen LogP contribution in [-0.2, 0) is 13.0 Å². The molecule has 0 bridgehead atoms. The minimum Gasteiger partial charge on any atom is -0.507 e. The van der Waals surface area contributed by atoms with Crippen LogP contribution in [0.4, 0.5) is 5.82 Å². The van der Waals surface area contributed by atoms with Gasteiger partial charge in [0.2, 0.25) is 0 Å². The van der Waals surface area contributed by atoms with E-state index in [0.717, 1.165) is 18.7 Å². The first kappa shape index (κ1) is 12.6. The Morgan fingerprint density at radius 1 is 1.35 bits per heavy atom. The molecule has 2 aromatic rings. The maximum absolute atomic E-state index is 12.1. The van der Waals surface area contributed by atoms with Crippen molar-refractivity contribution in [2.75, 3.05) is 11.9 Å². The topological polar surface area (TPSA) is 87.1 Å². The predicted octanol–water partition coefficient (Wildman–Crippen LogP) is 1.08. The number of carbonyl (C=O) groups is 1. The second kappa shape index (κ2) is 5.26. The van der Waals surface area contributed by atoms with Gasteiger partial charge >= 0.3 is 0 Å². The molecule has 1 amide bonds. The van der Waals surface area contributed by atoms with Gasteiger partial charge in [-0.25, -0.2) is 4.98 Å². The Morgan fingerprint density at radius 2 is 2.25 bits per heavy atom. The lowest BCUT2D eigenvalue weighted by molar-refractivity contribution is 0.102. The van der Waals surface area contributed by atoms with Crippen LogP contribution in [0.1, 0.15) is 21.6 Å². The number of hydrogen-bond donors (Lipinski definition) is 3. The number of fused-ring (bicyclic) bond motifs is 1. The summed E-state index contributed by atoms with van der Waals surface area (Å²) in [4.78, 5) is 20.4. The van der Waals surface area contributed by atoms with E-state index < -0.39 is 5.91 Å². The third kappa shape index (κ3) is 2.33. The van der Waals surface area contributed by atoms with Crippen molar-refractivity contribution in [3.05, 3.63) is 47.4 Å². The monoisotopic (exact) mass is 270 g/mol. The van der Waals surface area contributed by atoms with Crippen LogP contribution in [0.5, 0.6) is 5.75 Å². The largest absolute Gasteiger partial charge is 0.507 e. The lowest BCUT2D eigenvalue weighted by atomic mass is 10.0. The smallest absolute Gasteiger partial charge is 0.262 e. The van der Waals surface area contributed by atoms with Crippen LogP contribution in [0.2, 0.25) is 0 Å². The van der Waals surface area contributed by atoms with E-state index in [1.807, 2.05) is 0 Å². The van der Waals surface area contributed by atoms with Gasteiger partial charge in [-0.05, 0) is 12.1 Å². The van der Waals surface area contributed by atoms with Crippen LogP contribution in [0.15, 0.2) is 30.6 Å². The second-order valence-corrected chi connectivity index (χ2v) is 4.54. The summed E-state index contributed by atoms with van der Waals surface area (Å²) in [5, 5.41) is 16.0. The number of hydrogen-bond acceptors (Lipinski definition) is 5. The van der Waals surface area contributed by atoms with Crippen LogP contribution in [0.25, 0.3) is 0 Å². The zero-order valence-corrected chi connectivity index (χ0v) is 10.8. The highest BCUT2D eigenvalue weighted by molar-refractivity contribution is 6.05. The Bertz CT molecular complexity index is 643. The zero-order chi connectivity index (χ0) is 13.9. The standard InChI is InChI=1S/C14H14N4O2/c19-13-9-7-15-6-4-11(9)17-8-10(13)14(20)18-12-3-1-2-5-16-12/h1-3,5,8,15H,4,6-7H2,(H,17,19)(H,16,18,20). The SMILES string of the molecule is O=C(Nc1ccccn1)c1cnc2c(c1O)CNCC2. The Labute approximate surface area is 115 Å². The van der Waals surface area contributed by atoms with Crippen molar-refractivity contribution in [2.24, 2.45) is 0 Å². The van der Waals surface area contributed by atoms with Crippen molar-refractivity contribution in [3.8, 4) is 5.75 Å². The van der Waals surface area contributed by atoms with Crippen LogP contribution in [-0.4, -0.2) is 27.5 Å². The van der Waals surface area contributed by atoms with Crippen LogP contribution < -0.4 is 10.6 Å². The molecule has 2 aromatic heterocycles. The summed E-state index contributed by atoms with van der Waals surface area (Å²) in [5.74, 6) is 0.0189. The molecule has 0 atom stereocenters. The van der Waals surface area contributed by atoms with Gasteiger partial charge in [-0.15, -0.1) is 0 Å². The van der Waals surface area contributed by atoms with E-state index in [1.165, 1.54) is 6.20 Å². The molecule has 102 valence electrons.